The van der Waals surface area contributed by atoms with Crippen LogP contribution >= 0.6 is 12.2 Å². The fourth-order valence-electron chi connectivity index (χ4n) is 3.67. The molecule has 196 valence electrons. The van der Waals surface area contributed by atoms with E-state index >= 15 is 0 Å². The molecule has 1 amide bonds. The van der Waals surface area contributed by atoms with Crippen molar-refractivity contribution in [2.24, 2.45) is 0 Å². The fourth-order valence-corrected chi connectivity index (χ4v) is 5.01. The number of carbonyl (C=O) groups is 1. The number of thiocarbonyl (C=S) groups is 1. The second-order valence-electron chi connectivity index (χ2n) is 8.76. The second-order valence-corrected chi connectivity index (χ2v) is 10.9. The number of carbonyl (C=O) groups excluding carboxylic acids is 1. The lowest BCUT2D eigenvalue weighted by atomic mass is 10.1. The third-order valence-corrected chi connectivity index (χ3v) is 7.25. The third-order valence-electron chi connectivity index (χ3n) is 5.66. The Kier molecular flexibility index (Phi) is 10.0. The van der Waals surface area contributed by atoms with Crippen molar-refractivity contribution in [3.05, 3.63) is 83.4 Å². The predicted octanol–water partition coefficient (Wildman–Crippen LogP) is 6.19. The van der Waals surface area contributed by atoms with Gasteiger partial charge in [-0.05, 0) is 80.5 Å². The third kappa shape index (κ3) is 8.30. The van der Waals surface area contributed by atoms with Gasteiger partial charge in [0.15, 0.2) is 5.11 Å². The van der Waals surface area contributed by atoms with Crippen molar-refractivity contribution >= 4 is 44.6 Å². The van der Waals surface area contributed by atoms with Crippen LogP contribution in [0.2, 0.25) is 0 Å². The molecule has 0 aliphatic carbocycles. The molecule has 9 heteroatoms. The maximum Gasteiger partial charge on any atom is 0.261 e. The van der Waals surface area contributed by atoms with Gasteiger partial charge in [0, 0.05) is 5.69 Å². The lowest BCUT2D eigenvalue weighted by Crippen LogP contribution is -2.34. The number of para-hydroxylation sites is 1. The van der Waals surface area contributed by atoms with E-state index in [-0.39, 0.29) is 10.0 Å². The number of benzene rings is 3. The van der Waals surface area contributed by atoms with E-state index in [4.69, 9.17) is 17.0 Å². The largest absolute Gasteiger partial charge is 0.493 e. The highest BCUT2D eigenvalue weighted by Crippen LogP contribution is 2.22. The highest BCUT2D eigenvalue weighted by molar-refractivity contribution is 7.92. The Morgan fingerprint density at radius 1 is 0.946 bits per heavy atom. The van der Waals surface area contributed by atoms with E-state index in [1.807, 2.05) is 32.0 Å². The topological polar surface area (TPSA) is 96.5 Å². The van der Waals surface area contributed by atoms with E-state index in [1.165, 1.54) is 12.1 Å². The van der Waals surface area contributed by atoms with Crippen molar-refractivity contribution in [1.82, 2.24) is 5.32 Å². The number of hydrogen-bond donors (Lipinski definition) is 3. The van der Waals surface area contributed by atoms with E-state index in [9.17, 15) is 13.2 Å². The summed E-state index contributed by atoms with van der Waals surface area (Å²) in [7, 11) is -3.76. The molecule has 0 bridgehead atoms. The summed E-state index contributed by atoms with van der Waals surface area (Å²) in [6, 6.07) is 18.7. The van der Waals surface area contributed by atoms with Gasteiger partial charge in [-0.3, -0.25) is 14.8 Å². The lowest BCUT2D eigenvalue weighted by Gasteiger charge is -2.14. The molecule has 0 aliphatic rings. The highest BCUT2D eigenvalue weighted by Gasteiger charge is 2.16. The standard InChI is InChI=1S/C28H33N3O4S2/c1-4-5-6-9-18-35-26-11-8-7-10-24(26)27(32)30-28(36)29-22-13-15-23(16-14-22)37(33,34)31-25-17-12-20(2)19-21(25)3/h7-8,10-17,19,31H,4-6,9,18H2,1-3H3,(H2,29,30,32,36). The number of hydrogen-bond acceptors (Lipinski definition) is 5. The molecule has 0 saturated carbocycles. The SMILES string of the molecule is CCCCCCOc1ccccc1C(=O)NC(=S)Nc1ccc(S(=O)(=O)Nc2ccc(C)cc2C)cc1. The number of amides is 1. The maximum absolute atomic E-state index is 12.8. The molecular weight excluding hydrogens is 506 g/mol. The average molecular weight is 540 g/mol. The molecule has 0 fully saturated rings. The molecule has 3 aromatic carbocycles. The van der Waals surface area contributed by atoms with Crippen molar-refractivity contribution in [2.75, 3.05) is 16.6 Å². The van der Waals surface area contributed by atoms with Gasteiger partial charge in [0.05, 0.1) is 22.8 Å². The monoisotopic (exact) mass is 539 g/mol. The van der Waals surface area contributed by atoms with Gasteiger partial charge in [0.1, 0.15) is 5.75 Å². The van der Waals surface area contributed by atoms with Crippen LogP contribution in [0.4, 0.5) is 11.4 Å². The molecule has 37 heavy (non-hydrogen) atoms. The van der Waals surface area contributed by atoms with Gasteiger partial charge in [-0.25, -0.2) is 8.42 Å². The number of rotatable bonds is 11. The molecular formula is C28H33N3O4S2. The predicted molar refractivity (Wildman–Crippen MR) is 153 cm³/mol. The number of sulfonamides is 1. The van der Waals surface area contributed by atoms with Crippen molar-refractivity contribution < 1.29 is 17.9 Å². The molecule has 3 rings (SSSR count). The zero-order chi connectivity index (χ0) is 26.8. The fraction of sp³-hybridized carbons (Fsp3) is 0.286. The first-order chi connectivity index (χ1) is 17.7. The molecule has 7 nitrogen and oxygen atoms in total. The molecule has 0 saturated heterocycles. The van der Waals surface area contributed by atoms with Gasteiger partial charge in [0.25, 0.3) is 15.9 Å². The van der Waals surface area contributed by atoms with E-state index in [0.717, 1.165) is 36.8 Å². The van der Waals surface area contributed by atoms with Crippen LogP contribution < -0.4 is 20.1 Å². The first-order valence-corrected chi connectivity index (χ1v) is 14.1. The van der Waals surface area contributed by atoms with Crippen LogP contribution in [0.1, 0.15) is 54.1 Å². The van der Waals surface area contributed by atoms with Crippen LogP contribution in [-0.4, -0.2) is 26.0 Å². The molecule has 0 heterocycles. The van der Waals surface area contributed by atoms with Gasteiger partial charge >= 0.3 is 0 Å². The summed E-state index contributed by atoms with van der Waals surface area (Å²) >= 11 is 5.29. The van der Waals surface area contributed by atoms with Crippen LogP contribution in [0.15, 0.2) is 71.6 Å². The Balaban J connectivity index is 1.59. The van der Waals surface area contributed by atoms with Crippen molar-refractivity contribution in [3.63, 3.8) is 0 Å². The Morgan fingerprint density at radius 2 is 1.68 bits per heavy atom. The van der Waals surface area contributed by atoms with Crippen LogP contribution in [0.5, 0.6) is 5.75 Å². The smallest absolute Gasteiger partial charge is 0.261 e. The molecule has 3 aromatic rings. The summed E-state index contributed by atoms with van der Waals surface area (Å²) in [4.78, 5) is 12.9. The molecule has 0 aromatic heterocycles. The number of nitrogens with one attached hydrogen (secondary N) is 3. The second kappa shape index (κ2) is 13.2. The normalized spacial score (nSPS) is 11.0. The summed E-state index contributed by atoms with van der Waals surface area (Å²) in [5.74, 6) is 0.115. The van der Waals surface area contributed by atoms with Gasteiger partial charge in [-0.1, -0.05) is 56.0 Å². The zero-order valence-electron chi connectivity index (χ0n) is 21.3. The first kappa shape index (κ1) is 28.1. The first-order valence-electron chi connectivity index (χ1n) is 12.2. The van der Waals surface area contributed by atoms with Crippen LogP contribution in [0.3, 0.4) is 0 Å². The summed E-state index contributed by atoms with van der Waals surface area (Å²) in [6.07, 6.45) is 4.31. The van der Waals surface area contributed by atoms with Gasteiger partial charge in [0.2, 0.25) is 0 Å². The van der Waals surface area contributed by atoms with Crippen molar-refractivity contribution in [1.29, 1.82) is 0 Å². The summed E-state index contributed by atoms with van der Waals surface area (Å²) < 4.78 is 34.1. The summed E-state index contributed by atoms with van der Waals surface area (Å²) in [6.45, 7) is 6.50. The summed E-state index contributed by atoms with van der Waals surface area (Å²) in [5, 5.41) is 5.66. The quantitative estimate of drug-likeness (QED) is 0.199. The number of unbranched alkanes of at least 4 members (excludes halogenated alkanes) is 3. The molecule has 0 unspecified atom stereocenters. The van der Waals surface area contributed by atoms with Crippen LogP contribution in [0.25, 0.3) is 0 Å². The molecule has 0 aliphatic heterocycles. The molecule has 3 N–H and O–H groups in total. The van der Waals surface area contributed by atoms with Crippen LogP contribution in [0, 0.1) is 13.8 Å². The van der Waals surface area contributed by atoms with Gasteiger partial charge < -0.3 is 10.1 Å². The van der Waals surface area contributed by atoms with Crippen molar-refractivity contribution in [3.8, 4) is 5.75 Å². The Labute approximate surface area is 224 Å². The zero-order valence-corrected chi connectivity index (χ0v) is 23.0. The van der Waals surface area contributed by atoms with E-state index in [0.29, 0.717) is 29.3 Å². The minimum absolute atomic E-state index is 0.0896. The van der Waals surface area contributed by atoms with E-state index in [1.54, 1.807) is 36.4 Å². The molecule has 0 atom stereocenters. The Hall–Kier alpha value is -3.43. The number of aryl methyl sites for hydroxylation is 2. The number of ether oxygens (including phenoxy) is 1. The van der Waals surface area contributed by atoms with Crippen LogP contribution in [-0.2, 0) is 10.0 Å². The Morgan fingerprint density at radius 3 is 2.38 bits per heavy atom. The average Bonchev–Trinajstić information content (AvgIpc) is 2.86. The number of anilines is 2. The maximum atomic E-state index is 12.8. The lowest BCUT2D eigenvalue weighted by molar-refractivity contribution is 0.0973. The van der Waals surface area contributed by atoms with E-state index < -0.39 is 15.9 Å². The Bertz CT molecular complexity index is 1340. The van der Waals surface area contributed by atoms with Gasteiger partial charge in [-0.15, -0.1) is 0 Å². The minimum Gasteiger partial charge on any atom is -0.493 e. The molecule has 0 radical (unpaired) electrons. The van der Waals surface area contributed by atoms with Crippen molar-refractivity contribution in [2.45, 2.75) is 51.3 Å². The highest BCUT2D eigenvalue weighted by atomic mass is 32.2. The summed E-state index contributed by atoms with van der Waals surface area (Å²) in [5.41, 5.74) is 3.35. The minimum atomic E-state index is -3.76. The van der Waals surface area contributed by atoms with Gasteiger partial charge in [-0.2, -0.15) is 0 Å². The molecule has 0 spiro atoms. The van der Waals surface area contributed by atoms with E-state index in [2.05, 4.69) is 22.3 Å².